The summed E-state index contributed by atoms with van der Waals surface area (Å²) in [7, 11) is 0. The Hall–Kier alpha value is -1.65. The Balaban J connectivity index is 3.99. The SMILES string of the molecule is CC(=O)CC(=O)CC(=O)CC(=O)CC(C)=O. The van der Waals surface area contributed by atoms with Crippen LogP contribution < -0.4 is 0 Å². The maximum Gasteiger partial charge on any atom is 0.147 e. The molecule has 0 radical (unpaired) electrons. The molecule has 0 aliphatic carbocycles. The van der Waals surface area contributed by atoms with Crippen molar-refractivity contribution in [3.63, 3.8) is 0 Å². The first-order valence-electron chi connectivity index (χ1n) is 4.85. The Morgan fingerprint density at radius 2 is 0.812 bits per heavy atom. The molecule has 0 atom stereocenters. The van der Waals surface area contributed by atoms with E-state index >= 15 is 0 Å². The molecule has 0 aliphatic rings. The standard InChI is InChI=1S/C11H14O5/c1-7(12)3-9(14)5-11(16)6-10(15)4-8(2)13/h3-6H2,1-2H3. The molecule has 0 saturated carbocycles. The van der Waals surface area contributed by atoms with Crippen LogP contribution >= 0.6 is 0 Å². The smallest absolute Gasteiger partial charge is 0.147 e. The zero-order valence-corrected chi connectivity index (χ0v) is 9.37. The number of rotatable bonds is 8. The number of Topliss-reactive ketones (excluding diaryl/α,β-unsaturated/α-hetero) is 5. The molecule has 0 N–H and O–H groups in total. The predicted molar refractivity (Wildman–Crippen MR) is 54.9 cm³/mol. The van der Waals surface area contributed by atoms with E-state index in [9.17, 15) is 24.0 Å². The van der Waals surface area contributed by atoms with Crippen molar-refractivity contribution in [2.45, 2.75) is 39.5 Å². The van der Waals surface area contributed by atoms with Crippen molar-refractivity contribution in [2.75, 3.05) is 0 Å². The van der Waals surface area contributed by atoms with Crippen molar-refractivity contribution in [1.29, 1.82) is 0 Å². The third kappa shape index (κ3) is 7.73. The molecule has 0 rings (SSSR count). The summed E-state index contributed by atoms with van der Waals surface area (Å²) in [4.78, 5) is 54.4. The molecule has 0 fully saturated rings. The number of hydrogen-bond acceptors (Lipinski definition) is 5. The molecule has 16 heavy (non-hydrogen) atoms. The van der Waals surface area contributed by atoms with Gasteiger partial charge in [0.05, 0.1) is 25.7 Å². The molecule has 0 unspecified atom stereocenters. The second kappa shape index (κ2) is 6.76. The molecule has 88 valence electrons. The average Bonchev–Trinajstić information content (AvgIpc) is 1.97. The minimum absolute atomic E-state index is 0.285. The van der Waals surface area contributed by atoms with Gasteiger partial charge in [0.2, 0.25) is 0 Å². The Bertz CT molecular complexity index is 308. The molecule has 5 heteroatoms. The first-order chi connectivity index (χ1) is 7.31. The molecule has 5 nitrogen and oxygen atoms in total. The number of carbonyl (C=O) groups is 5. The minimum Gasteiger partial charge on any atom is -0.300 e. The lowest BCUT2D eigenvalue weighted by Crippen LogP contribution is -2.15. The molecule has 0 amide bonds. The highest BCUT2D eigenvalue weighted by Gasteiger charge is 2.15. The molecule has 0 aromatic carbocycles. The normalized spacial score (nSPS) is 9.62. The van der Waals surface area contributed by atoms with Crippen LogP contribution in [0.25, 0.3) is 0 Å². The quantitative estimate of drug-likeness (QED) is 0.560. The van der Waals surface area contributed by atoms with Crippen molar-refractivity contribution >= 4 is 28.9 Å². The van der Waals surface area contributed by atoms with Crippen LogP contribution in [0.4, 0.5) is 0 Å². The van der Waals surface area contributed by atoms with Crippen molar-refractivity contribution in [3.05, 3.63) is 0 Å². The van der Waals surface area contributed by atoms with E-state index in [0.29, 0.717) is 0 Å². The largest absolute Gasteiger partial charge is 0.300 e. The third-order valence-electron chi connectivity index (χ3n) is 1.68. The molecule has 0 heterocycles. The minimum atomic E-state index is -0.544. The Morgan fingerprint density at radius 3 is 1.06 bits per heavy atom. The van der Waals surface area contributed by atoms with Gasteiger partial charge in [-0.05, 0) is 13.8 Å². The van der Waals surface area contributed by atoms with E-state index in [0.717, 1.165) is 0 Å². The van der Waals surface area contributed by atoms with Gasteiger partial charge in [-0.15, -0.1) is 0 Å². The highest BCUT2D eigenvalue weighted by molar-refractivity contribution is 6.13. The lowest BCUT2D eigenvalue weighted by atomic mass is 10.0. The van der Waals surface area contributed by atoms with Crippen LogP contribution in [0, 0.1) is 0 Å². The summed E-state index contributed by atoms with van der Waals surface area (Å²) >= 11 is 0. The summed E-state index contributed by atoms with van der Waals surface area (Å²) < 4.78 is 0. The van der Waals surface area contributed by atoms with E-state index in [-0.39, 0.29) is 24.4 Å². The lowest BCUT2D eigenvalue weighted by Gasteiger charge is -1.98. The van der Waals surface area contributed by atoms with E-state index in [4.69, 9.17) is 0 Å². The van der Waals surface area contributed by atoms with Gasteiger partial charge in [0, 0.05) is 0 Å². The summed E-state index contributed by atoms with van der Waals surface area (Å²) in [6.07, 6.45) is -1.40. The molecular formula is C11H14O5. The second-order valence-electron chi connectivity index (χ2n) is 3.73. The topological polar surface area (TPSA) is 85.3 Å². The van der Waals surface area contributed by atoms with Gasteiger partial charge in [-0.3, -0.25) is 24.0 Å². The van der Waals surface area contributed by atoms with Gasteiger partial charge in [-0.25, -0.2) is 0 Å². The van der Waals surface area contributed by atoms with Crippen LogP contribution in [0.3, 0.4) is 0 Å². The summed E-state index contributed by atoms with van der Waals surface area (Å²) in [5.41, 5.74) is 0. The van der Waals surface area contributed by atoms with E-state index < -0.39 is 30.2 Å². The molecule has 0 aromatic heterocycles. The fourth-order valence-electron chi connectivity index (χ4n) is 1.18. The Labute approximate surface area is 93.2 Å². The molecule has 0 bridgehead atoms. The summed E-state index contributed by atoms with van der Waals surface area (Å²) in [6.45, 7) is 2.51. The van der Waals surface area contributed by atoms with E-state index in [2.05, 4.69) is 0 Å². The molecule has 0 saturated heterocycles. The highest BCUT2D eigenvalue weighted by Crippen LogP contribution is 1.99. The first-order valence-corrected chi connectivity index (χ1v) is 4.85. The predicted octanol–water partition coefficient (Wildman–Crippen LogP) is 0.432. The van der Waals surface area contributed by atoms with Gasteiger partial charge < -0.3 is 0 Å². The number of hydrogen-bond donors (Lipinski definition) is 0. The summed E-state index contributed by atoms with van der Waals surface area (Å²) in [5, 5.41) is 0. The fraction of sp³-hybridized carbons (Fsp3) is 0.545. The van der Waals surface area contributed by atoms with Gasteiger partial charge in [0.25, 0.3) is 0 Å². The number of carbonyl (C=O) groups excluding carboxylic acids is 5. The third-order valence-corrected chi connectivity index (χ3v) is 1.68. The van der Waals surface area contributed by atoms with Crippen molar-refractivity contribution < 1.29 is 24.0 Å². The van der Waals surface area contributed by atoms with Crippen LogP contribution in [0.1, 0.15) is 39.5 Å². The van der Waals surface area contributed by atoms with Gasteiger partial charge in [0.15, 0.2) is 0 Å². The average molecular weight is 226 g/mol. The van der Waals surface area contributed by atoms with Crippen LogP contribution in [0.2, 0.25) is 0 Å². The molecular weight excluding hydrogens is 212 g/mol. The van der Waals surface area contributed by atoms with Gasteiger partial charge in [-0.1, -0.05) is 0 Å². The zero-order chi connectivity index (χ0) is 12.7. The van der Waals surface area contributed by atoms with Crippen molar-refractivity contribution in [1.82, 2.24) is 0 Å². The van der Waals surface area contributed by atoms with Gasteiger partial charge >= 0.3 is 0 Å². The molecule has 0 aromatic rings. The first kappa shape index (κ1) is 14.3. The lowest BCUT2D eigenvalue weighted by molar-refractivity contribution is -0.131. The zero-order valence-electron chi connectivity index (χ0n) is 9.37. The molecule has 0 spiro atoms. The van der Waals surface area contributed by atoms with E-state index in [1.807, 2.05) is 0 Å². The second-order valence-corrected chi connectivity index (χ2v) is 3.73. The van der Waals surface area contributed by atoms with E-state index in [1.165, 1.54) is 13.8 Å². The van der Waals surface area contributed by atoms with Crippen molar-refractivity contribution in [3.8, 4) is 0 Å². The van der Waals surface area contributed by atoms with Crippen molar-refractivity contribution in [2.24, 2.45) is 0 Å². The monoisotopic (exact) mass is 226 g/mol. The summed E-state index contributed by atoms with van der Waals surface area (Å²) in [6, 6.07) is 0. The maximum absolute atomic E-state index is 11.2. The highest BCUT2D eigenvalue weighted by atomic mass is 16.2. The molecule has 0 aliphatic heterocycles. The van der Waals surface area contributed by atoms with Gasteiger partial charge in [-0.2, -0.15) is 0 Å². The summed E-state index contributed by atoms with van der Waals surface area (Å²) in [5.74, 6) is -2.15. The van der Waals surface area contributed by atoms with E-state index in [1.54, 1.807) is 0 Å². The van der Waals surface area contributed by atoms with Gasteiger partial charge in [0.1, 0.15) is 28.9 Å². The number of ketones is 5. The van der Waals surface area contributed by atoms with Crippen LogP contribution in [-0.4, -0.2) is 28.9 Å². The maximum atomic E-state index is 11.2. The Kier molecular flexibility index (Phi) is 6.07. The van der Waals surface area contributed by atoms with Crippen LogP contribution in [0.15, 0.2) is 0 Å². The van der Waals surface area contributed by atoms with Crippen LogP contribution in [0.5, 0.6) is 0 Å². The fourth-order valence-corrected chi connectivity index (χ4v) is 1.18. The van der Waals surface area contributed by atoms with Crippen LogP contribution in [-0.2, 0) is 24.0 Å². The Morgan fingerprint density at radius 1 is 0.562 bits per heavy atom.